The first kappa shape index (κ1) is 22.3. The van der Waals surface area contributed by atoms with E-state index in [-0.39, 0.29) is 29.5 Å². The molecule has 24 heavy (non-hydrogen) atoms. The van der Waals surface area contributed by atoms with Crippen LogP contribution in [0.1, 0.15) is 39.5 Å². The first-order valence-electron chi connectivity index (χ1n) is 8.91. The molecule has 2 aliphatic rings. The summed E-state index contributed by atoms with van der Waals surface area (Å²) < 4.78 is 5.90. The summed E-state index contributed by atoms with van der Waals surface area (Å²) in [7, 11) is 4.33. The zero-order chi connectivity index (χ0) is 16.8. The Morgan fingerprint density at radius 1 is 1.21 bits per heavy atom. The third-order valence-electron chi connectivity index (χ3n) is 5.18. The van der Waals surface area contributed by atoms with E-state index in [2.05, 4.69) is 55.2 Å². The van der Waals surface area contributed by atoms with Crippen molar-refractivity contribution < 1.29 is 4.74 Å². The van der Waals surface area contributed by atoms with Crippen molar-refractivity contribution in [3.8, 4) is 0 Å². The number of nitrogens with one attached hydrogen (secondary N) is 2. The number of hydrogen-bond acceptors (Lipinski definition) is 4. The van der Waals surface area contributed by atoms with Gasteiger partial charge in [0.15, 0.2) is 5.96 Å². The number of aliphatic imine (C=N–C) groups is 1. The minimum absolute atomic E-state index is 0. The topological polar surface area (TPSA) is 48.9 Å². The Labute approximate surface area is 169 Å². The van der Waals surface area contributed by atoms with Crippen LogP contribution in [0.5, 0.6) is 0 Å². The molecule has 0 aromatic rings. The fourth-order valence-electron chi connectivity index (χ4n) is 3.31. The van der Waals surface area contributed by atoms with Crippen molar-refractivity contribution in [3.63, 3.8) is 0 Å². The van der Waals surface area contributed by atoms with Crippen molar-refractivity contribution in [1.82, 2.24) is 15.5 Å². The van der Waals surface area contributed by atoms with Crippen molar-refractivity contribution >= 4 is 41.7 Å². The molecule has 0 spiro atoms. The molecule has 0 aromatic carbocycles. The molecule has 2 heterocycles. The summed E-state index contributed by atoms with van der Waals surface area (Å²) >= 11 is 2.09. The number of nitrogens with zero attached hydrogens (tertiary/aromatic N) is 2. The molecule has 2 rings (SSSR count). The highest BCUT2D eigenvalue weighted by Crippen LogP contribution is 2.36. The number of guanidine groups is 1. The summed E-state index contributed by atoms with van der Waals surface area (Å²) in [4.78, 5) is 7.24. The second-order valence-corrected chi connectivity index (χ2v) is 8.86. The van der Waals surface area contributed by atoms with Crippen LogP contribution in [0.3, 0.4) is 0 Å². The average molecular weight is 470 g/mol. The van der Waals surface area contributed by atoms with Gasteiger partial charge in [-0.15, -0.1) is 24.0 Å². The Hall–Kier alpha value is 0.270. The van der Waals surface area contributed by atoms with Gasteiger partial charge in [-0.05, 0) is 59.4 Å². The highest BCUT2D eigenvalue weighted by molar-refractivity contribution is 14.0. The van der Waals surface area contributed by atoms with Crippen LogP contribution in [-0.4, -0.2) is 73.8 Å². The van der Waals surface area contributed by atoms with Gasteiger partial charge in [0.2, 0.25) is 0 Å². The summed E-state index contributed by atoms with van der Waals surface area (Å²) in [6.07, 6.45) is 4.73. The number of thioether (sulfide) groups is 1. The first-order valence-corrected chi connectivity index (χ1v) is 9.90. The van der Waals surface area contributed by atoms with Crippen LogP contribution in [0.25, 0.3) is 0 Å². The van der Waals surface area contributed by atoms with Crippen LogP contribution in [0.4, 0.5) is 0 Å². The number of rotatable bonds is 6. The van der Waals surface area contributed by atoms with Crippen LogP contribution < -0.4 is 10.6 Å². The average Bonchev–Trinajstić information content (AvgIpc) is 2.98. The van der Waals surface area contributed by atoms with Gasteiger partial charge in [-0.3, -0.25) is 4.99 Å². The molecule has 142 valence electrons. The normalized spacial score (nSPS) is 27.0. The Kier molecular flexibility index (Phi) is 9.69. The summed E-state index contributed by atoms with van der Waals surface area (Å²) in [6, 6.07) is 0. The molecular weight excluding hydrogens is 435 g/mol. The highest BCUT2D eigenvalue weighted by atomic mass is 127. The lowest BCUT2D eigenvalue weighted by Gasteiger charge is -2.41. The maximum Gasteiger partial charge on any atom is 0.191 e. The van der Waals surface area contributed by atoms with Gasteiger partial charge < -0.3 is 20.3 Å². The number of likely N-dealkylation sites (N-methyl/N-ethyl adjacent to an activating group) is 1. The van der Waals surface area contributed by atoms with E-state index in [1.165, 1.54) is 18.6 Å². The van der Waals surface area contributed by atoms with Gasteiger partial charge in [-0.1, -0.05) is 0 Å². The van der Waals surface area contributed by atoms with Gasteiger partial charge in [0.1, 0.15) is 0 Å². The lowest BCUT2D eigenvalue weighted by atomic mass is 9.89. The van der Waals surface area contributed by atoms with E-state index in [9.17, 15) is 0 Å². The second kappa shape index (κ2) is 10.4. The molecule has 0 bridgehead atoms. The minimum Gasteiger partial charge on any atom is -0.381 e. The molecule has 5 nitrogen and oxygen atoms in total. The van der Waals surface area contributed by atoms with E-state index >= 15 is 0 Å². The molecule has 0 amide bonds. The molecule has 0 aliphatic carbocycles. The molecule has 2 N–H and O–H groups in total. The summed E-state index contributed by atoms with van der Waals surface area (Å²) in [6.45, 7) is 8.87. The fraction of sp³-hybridized carbons (Fsp3) is 0.941. The predicted octanol–water partition coefficient (Wildman–Crippen LogP) is 2.56. The second-order valence-electron chi connectivity index (χ2n) is 7.18. The van der Waals surface area contributed by atoms with Crippen LogP contribution in [0.2, 0.25) is 0 Å². The summed E-state index contributed by atoms with van der Waals surface area (Å²) in [5.74, 6) is 2.24. The van der Waals surface area contributed by atoms with Crippen LogP contribution in [-0.2, 0) is 4.74 Å². The zero-order valence-electron chi connectivity index (χ0n) is 15.7. The molecule has 2 aliphatic heterocycles. The van der Waals surface area contributed by atoms with Gasteiger partial charge in [0, 0.05) is 36.6 Å². The maximum absolute atomic E-state index is 5.55. The van der Waals surface area contributed by atoms with Crippen LogP contribution in [0, 0.1) is 0 Å². The standard InChI is InChI=1S/C17H34N4OS.HI/c1-5-18-15(19-13-16(2)7-6-12-23-16)20-14-17(21(3)4)8-10-22-11-9-17;/h5-14H2,1-4H3,(H2,18,19,20);1H. The zero-order valence-corrected chi connectivity index (χ0v) is 18.8. The van der Waals surface area contributed by atoms with Crippen molar-refractivity contribution in [2.75, 3.05) is 52.7 Å². The number of halogens is 1. The molecule has 1 atom stereocenters. The Morgan fingerprint density at radius 2 is 1.92 bits per heavy atom. The van der Waals surface area contributed by atoms with Gasteiger partial charge in [-0.25, -0.2) is 0 Å². The lowest BCUT2D eigenvalue weighted by Crippen LogP contribution is -2.52. The number of ether oxygens (including phenoxy) is 1. The monoisotopic (exact) mass is 470 g/mol. The minimum atomic E-state index is 0. The molecule has 0 aromatic heterocycles. The van der Waals surface area contributed by atoms with Crippen molar-refractivity contribution in [1.29, 1.82) is 0 Å². The van der Waals surface area contributed by atoms with E-state index in [4.69, 9.17) is 9.73 Å². The highest BCUT2D eigenvalue weighted by Gasteiger charge is 2.35. The van der Waals surface area contributed by atoms with Crippen LogP contribution in [0.15, 0.2) is 4.99 Å². The largest absolute Gasteiger partial charge is 0.381 e. The molecule has 2 fully saturated rings. The Balaban J connectivity index is 0.00000288. The molecule has 1 unspecified atom stereocenters. The van der Waals surface area contributed by atoms with E-state index in [0.29, 0.717) is 4.75 Å². The third kappa shape index (κ3) is 6.21. The molecule has 0 radical (unpaired) electrons. The Bertz CT molecular complexity index is 394. The molecule has 7 heteroatoms. The van der Waals surface area contributed by atoms with E-state index < -0.39 is 0 Å². The van der Waals surface area contributed by atoms with Crippen LogP contribution >= 0.6 is 35.7 Å². The molecular formula is C17H35IN4OS. The van der Waals surface area contributed by atoms with E-state index in [1.807, 2.05) is 0 Å². The maximum atomic E-state index is 5.55. The van der Waals surface area contributed by atoms with E-state index in [0.717, 1.165) is 51.6 Å². The SMILES string of the molecule is CCNC(=NCC1(N(C)C)CCOCC1)NCC1(C)CCCS1.I. The van der Waals surface area contributed by atoms with E-state index in [1.54, 1.807) is 0 Å². The first-order chi connectivity index (χ1) is 11.0. The molecule has 0 saturated carbocycles. The van der Waals surface area contributed by atoms with Gasteiger partial charge in [0.05, 0.1) is 6.54 Å². The lowest BCUT2D eigenvalue weighted by molar-refractivity contribution is -0.00254. The fourth-order valence-corrected chi connectivity index (χ4v) is 4.56. The van der Waals surface area contributed by atoms with Crippen molar-refractivity contribution in [2.24, 2.45) is 4.99 Å². The third-order valence-corrected chi connectivity index (χ3v) is 6.72. The van der Waals surface area contributed by atoms with Crippen molar-refractivity contribution in [2.45, 2.75) is 49.8 Å². The summed E-state index contributed by atoms with van der Waals surface area (Å²) in [5.41, 5.74) is 0.132. The number of hydrogen-bond donors (Lipinski definition) is 2. The quantitative estimate of drug-likeness (QED) is 0.355. The van der Waals surface area contributed by atoms with Gasteiger partial charge >= 0.3 is 0 Å². The van der Waals surface area contributed by atoms with Gasteiger partial charge in [-0.2, -0.15) is 11.8 Å². The molecule has 2 saturated heterocycles. The predicted molar refractivity (Wildman–Crippen MR) is 116 cm³/mol. The Morgan fingerprint density at radius 3 is 2.46 bits per heavy atom. The van der Waals surface area contributed by atoms with Crippen molar-refractivity contribution in [3.05, 3.63) is 0 Å². The van der Waals surface area contributed by atoms with Gasteiger partial charge in [0.25, 0.3) is 0 Å². The summed E-state index contributed by atoms with van der Waals surface area (Å²) in [5, 5.41) is 6.97. The smallest absolute Gasteiger partial charge is 0.191 e.